The molecule has 0 radical (unpaired) electrons. The fraction of sp³-hybridized carbons (Fsp3) is 0.471. The lowest BCUT2D eigenvalue weighted by atomic mass is 10.1. The molecule has 2 rings (SSSR count). The van der Waals surface area contributed by atoms with Crippen molar-refractivity contribution in [1.29, 1.82) is 0 Å². The molecule has 0 saturated carbocycles. The summed E-state index contributed by atoms with van der Waals surface area (Å²) < 4.78 is 10.3. The number of nitrogens with zero attached hydrogens (tertiary/aromatic N) is 2. The Kier molecular flexibility index (Phi) is 6.14. The lowest BCUT2D eigenvalue weighted by Crippen LogP contribution is -2.25. The van der Waals surface area contributed by atoms with E-state index in [-0.39, 0.29) is 5.91 Å². The van der Waals surface area contributed by atoms with E-state index in [1.807, 2.05) is 24.3 Å². The summed E-state index contributed by atoms with van der Waals surface area (Å²) in [5.74, 6) is 2.35. The standard InChI is InChI=1S/C17H23N3O3/c1-12(2)10-11-18-15(21)8-9-16-19-17(20-23-16)13-4-6-14(22-3)7-5-13/h4-7,12H,8-11H2,1-3H3,(H,18,21). The first kappa shape index (κ1) is 17.0. The molecule has 1 aromatic carbocycles. The van der Waals surface area contributed by atoms with Gasteiger partial charge < -0.3 is 14.6 Å². The van der Waals surface area contributed by atoms with Gasteiger partial charge in [-0.1, -0.05) is 19.0 Å². The van der Waals surface area contributed by atoms with Gasteiger partial charge in [-0.2, -0.15) is 4.98 Å². The number of ether oxygens (including phenoxy) is 1. The lowest BCUT2D eigenvalue weighted by Gasteiger charge is -2.05. The van der Waals surface area contributed by atoms with E-state index in [1.54, 1.807) is 7.11 Å². The van der Waals surface area contributed by atoms with Gasteiger partial charge in [0.25, 0.3) is 0 Å². The topological polar surface area (TPSA) is 77.2 Å². The molecule has 0 aliphatic rings. The summed E-state index contributed by atoms with van der Waals surface area (Å²) >= 11 is 0. The Hall–Kier alpha value is -2.37. The van der Waals surface area contributed by atoms with Gasteiger partial charge >= 0.3 is 0 Å². The number of rotatable bonds is 8. The van der Waals surface area contributed by atoms with E-state index in [9.17, 15) is 4.79 Å². The van der Waals surface area contributed by atoms with Gasteiger partial charge in [0.2, 0.25) is 17.6 Å². The minimum atomic E-state index is 0.00912. The van der Waals surface area contributed by atoms with E-state index < -0.39 is 0 Å². The summed E-state index contributed by atoms with van der Waals surface area (Å²) in [6.07, 6.45) is 1.77. The van der Waals surface area contributed by atoms with Crippen molar-refractivity contribution in [3.05, 3.63) is 30.2 Å². The second-order valence-electron chi connectivity index (χ2n) is 5.77. The fourth-order valence-corrected chi connectivity index (χ4v) is 2.02. The van der Waals surface area contributed by atoms with Gasteiger partial charge in [-0.25, -0.2) is 0 Å². The molecule has 0 fully saturated rings. The van der Waals surface area contributed by atoms with Crippen LogP contribution in [0.4, 0.5) is 0 Å². The predicted molar refractivity (Wildman–Crippen MR) is 87.1 cm³/mol. The largest absolute Gasteiger partial charge is 0.497 e. The number of carbonyl (C=O) groups is 1. The highest BCUT2D eigenvalue weighted by Crippen LogP contribution is 2.19. The Morgan fingerprint density at radius 1 is 1.30 bits per heavy atom. The molecule has 1 amide bonds. The first-order chi connectivity index (χ1) is 11.1. The number of benzene rings is 1. The van der Waals surface area contributed by atoms with Crippen LogP contribution in [0.25, 0.3) is 11.4 Å². The quantitative estimate of drug-likeness (QED) is 0.810. The van der Waals surface area contributed by atoms with Gasteiger partial charge in [0, 0.05) is 24.9 Å². The van der Waals surface area contributed by atoms with Gasteiger partial charge in [-0.3, -0.25) is 4.79 Å². The third-order valence-corrected chi connectivity index (χ3v) is 3.43. The first-order valence-corrected chi connectivity index (χ1v) is 7.82. The number of nitrogens with one attached hydrogen (secondary N) is 1. The molecule has 0 atom stereocenters. The van der Waals surface area contributed by atoms with Crippen LogP contribution in [-0.4, -0.2) is 29.7 Å². The number of hydrogen-bond donors (Lipinski definition) is 1. The van der Waals surface area contributed by atoms with E-state index in [0.29, 0.717) is 37.0 Å². The zero-order valence-corrected chi connectivity index (χ0v) is 13.8. The highest BCUT2D eigenvalue weighted by molar-refractivity contribution is 5.75. The van der Waals surface area contributed by atoms with Crippen LogP contribution in [0.3, 0.4) is 0 Å². The van der Waals surface area contributed by atoms with E-state index in [1.165, 1.54) is 0 Å². The highest BCUT2D eigenvalue weighted by atomic mass is 16.5. The number of hydrogen-bond acceptors (Lipinski definition) is 5. The van der Waals surface area contributed by atoms with Crippen molar-refractivity contribution in [2.45, 2.75) is 33.1 Å². The molecule has 2 aromatic rings. The third-order valence-electron chi connectivity index (χ3n) is 3.43. The van der Waals surface area contributed by atoms with Gasteiger partial charge in [-0.05, 0) is 36.6 Å². The van der Waals surface area contributed by atoms with Gasteiger partial charge in [0.05, 0.1) is 7.11 Å². The molecule has 0 saturated heterocycles. The van der Waals surface area contributed by atoms with Crippen molar-refractivity contribution in [1.82, 2.24) is 15.5 Å². The molecule has 1 heterocycles. The molecule has 6 heteroatoms. The van der Waals surface area contributed by atoms with E-state index in [0.717, 1.165) is 17.7 Å². The first-order valence-electron chi connectivity index (χ1n) is 7.82. The average molecular weight is 317 g/mol. The average Bonchev–Trinajstić information content (AvgIpc) is 3.01. The Morgan fingerprint density at radius 3 is 2.70 bits per heavy atom. The summed E-state index contributed by atoms with van der Waals surface area (Å²) in [4.78, 5) is 16.0. The van der Waals surface area contributed by atoms with Crippen LogP contribution >= 0.6 is 0 Å². The third kappa shape index (κ3) is 5.39. The molecule has 0 aliphatic carbocycles. The van der Waals surface area contributed by atoms with E-state index in [2.05, 4.69) is 29.3 Å². The van der Waals surface area contributed by atoms with Gasteiger partial charge in [0.15, 0.2) is 0 Å². The highest BCUT2D eigenvalue weighted by Gasteiger charge is 2.10. The minimum absolute atomic E-state index is 0.00912. The zero-order chi connectivity index (χ0) is 16.7. The molecule has 6 nitrogen and oxygen atoms in total. The molecule has 124 valence electrons. The molecular weight excluding hydrogens is 294 g/mol. The van der Waals surface area contributed by atoms with Crippen LogP contribution in [0.5, 0.6) is 5.75 Å². The summed E-state index contributed by atoms with van der Waals surface area (Å²) in [5.41, 5.74) is 0.849. The normalized spacial score (nSPS) is 10.8. The smallest absolute Gasteiger partial charge is 0.227 e. The van der Waals surface area contributed by atoms with Crippen molar-refractivity contribution in [2.75, 3.05) is 13.7 Å². The van der Waals surface area contributed by atoms with Crippen molar-refractivity contribution >= 4 is 5.91 Å². The summed E-state index contributed by atoms with van der Waals surface area (Å²) in [5, 5.41) is 6.84. The van der Waals surface area contributed by atoms with Crippen LogP contribution in [0.1, 0.15) is 32.6 Å². The number of methoxy groups -OCH3 is 1. The zero-order valence-electron chi connectivity index (χ0n) is 13.8. The van der Waals surface area contributed by atoms with Gasteiger partial charge in [-0.15, -0.1) is 0 Å². The van der Waals surface area contributed by atoms with E-state index >= 15 is 0 Å². The molecule has 0 aliphatic heterocycles. The maximum atomic E-state index is 11.7. The van der Waals surface area contributed by atoms with Crippen LogP contribution in [0.15, 0.2) is 28.8 Å². The summed E-state index contributed by atoms with van der Waals surface area (Å²) in [6.45, 7) is 4.97. The minimum Gasteiger partial charge on any atom is -0.497 e. The summed E-state index contributed by atoms with van der Waals surface area (Å²) in [7, 11) is 1.62. The van der Waals surface area contributed by atoms with E-state index in [4.69, 9.17) is 9.26 Å². The molecular formula is C17H23N3O3. The monoisotopic (exact) mass is 317 g/mol. The second-order valence-corrected chi connectivity index (χ2v) is 5.77. The molecule has 23 heavy (non-hydrogen) atoms. The molecule has 1 aromatic heterocycles. The van der Waals surface area contributed by atoms with Crippen LogP contribution < -0.4 is 10.1 Å². The SMILES string of the molecule is COc1ccc(-c2noc(CCC(=O)NCCC(C)C)n2)cc1. The molecule has 0 unspecified atom stereocenters. The number of amides is 1. The Labute approximate surface area is 136 Å². The van der Waals surface area contributed by atoms with Crippen LogP contribution in [0, 0.1) is 5.92 Å². The Balaban J connectivity index is 1.83. The number of aryl methyl sites for hydroxylation is 1. The molecule has 0 spiro atoms. The lowest BCUT2D eigenvalue weighted by molar-refractivity contribution is -0.121. The van der Waals surface area contributed by atoms with Crippen LogP contribution in [-0.2, 0) is 11.2 Å². The van der Waals surface area contributed by atoms with Crippen molar-refractivity contribution in [3.63, 3.8) is 0 Å². The van der Waals surface area contributed by atoms with Crippen molar-refractivity contribution < 1.29 is 14.1 Å². The molecule has 1 N–H and O–H groups in total. The molecule has 0 bridgehead atoms. The maximum Gasteiger partial charge on any atom is 0.227 e. The fourth-order valence-electron chi connectivity index (χ4n) is 2.02. The van der Waals surface area contributed by atoms with Crippen molar-refractivity contribution in [3.8, 4) is 17.1 Å². The van der Waals surface area contributed by atoms with Gasteiger partial charge in [0.1, 0.15) is 5.75 Å². The Bertz CT molecular complexity index is 620. The second kappa shape index (κ2) is 8.31. The maximum absolute atomic E-state index is 11.7. The Morgan fingerprint density at radius 2 is 2.04 bits per heavy atom. The predicted octanol–water partition coefficient (Wildman–Crippen LogP) is 2.84. The number of aromatic nitrogens is 2. The summed E-state index contributed by atoms with van der Waals surface area (Å²) in [6, 6.07) is 7.42. The van der Waals surface area contributed by atoms with Crippen LogP contribution in [0.2, 0.25) is 0 Å². The van der Waals surface area contributed by atoms with Crippen molar-refractivity contribution in [2.24, 2.45) is 5.92 Å². The number of carbonyl (C=O) groups excluding carboxylic acids is 1.